The lowest BCUT2D eigenvalue weighted by Crippen LogP contribution is -2.38. The minimum atomic E-state index is -0.333. The second-order valence-electron chi connectivity index (χ2n) is 6.44. The van der Waals surface area contributed by atoms with E-state index in [1.165, 1.54) is 11.3 Å². The highest BCUT2D eigenvalue weighted by Crippen LogP contribution is 2.28. The Morgan fingerprint density at radius 1 is 1.23 bits per heavy atom. The molecular formula is C21H31IN4O4S. The Hall–Kier alpha value is -2.08. The van der Waals surface area contributed by atoms with Gasteiger partial charge in [0.05, 0.1) is 39.1 Å². The van der Waals surface area contributed by atoms with E-state index in [1.54, 1.807) is 21.1 Å². The van der Waals surface area contributed by atoms with Gasteiger partial charge in [-0.2, -0.15) is 0 Å². The van der Waals surface area contributed by atoms with Gasteiger partial charge in [-0.25, -0.2) is 14.8 Å². The average molecular weight is 562 g/mol. The molecular weight excluding hydrogens is 531 g/mol. The Balaban J connectivity index is 0.00000480. The highest BCUT2D eigenvalue weighted by atomic mass is 127. The van der Waals surface area contributed by atoms with Gasteiger partial charge in [0, 0.05) is 6.54 Å². The molecule has 2 rings (SSSR count). The zero-order chi connectivity index (χ0) is 22.1. The maximum atomic E-state index is 12.1. The van der Waals surface area contributed by atoms with Crippen molar-refractivity contribution in [2.75, 3.05) is 27.4 Å². The van der Waals surface area contributed by atoms with Crippen LogP contribution in [0.1, 0.15) is 52.7 Å². The number of nitrogens with one attached hydrogen (secondary N) is 2. The molecule has 8 nitrogen and oxygen atoms in total. The molecule has 0 bridgehead atoms. The predicted molar refractivity (Wildman–Crippen MR) is 134 cm³/mol. The molecule has 0 saturated heterocycles. The number of aliphatic imine (C=N–C) groups is 1. The van der Waals surface area contributed by atoms with Crippen LogP contribution in [0.15, 0.2) is 23.2 Å². The molecule has 0 aliphatic carbocycles. The molecule has 1 aromatic carbocycles. The Bertz CT molecular complexity index is 888. The number of ether oxygens (including phenoxy) is 3. The lowest BCUT2D eigenvalue weighted by Gasteiger charge is -2.16. The molecule has 1 atom stereocenters. The van der Waals surface area contributed by atoms with Gasteiger partial charge < -0.3 is 24.8 Å². The van der Waals surface area contributed by atoms with Gasteiger partial charge in [0.1, 0.15) is 9.88 Å². The molecule has 31 heavy (non-hydrogen) atoms. The van der Waals surface area contributed by atoms with Gasteiger partial charge in [-0.3, -0.25) is 0 Å². The summed E-state index contributed by atoms with van der Waals surface area (Å²) in [7, 11) is 3.22. The summed E-state index contributed by atoms with van der Waals surface area (Å²) in [6.07, 6.45) is 0. The molecule has 0 aliphatic rings. The molecule has 0 saturated carbocycles. The third-order valence-electron chi connectivity index (χ3n) is 4.21. The van der Waals surface area contributed by atoms with Crippen LogP contribution in [0.25, 0.3) is 0 Å². The van der Waals surface area contributed by atoms with Crippen LogP contribution in [0, 0.1) is 6.92 Å². The van der Waals surface area contributed by atoms with Crippen molar-refractivity contribution in [1.29, 1.82) is 0 Å². The number of esters is 1. The van der Waals surface area contributed by atoms with E-state index >= 15 is 0 Å². The highest BCUT2D eigenvalue weighted by Gasteiger charge is 2.20. The average Bonchev–Trinajstić information content (AvgIpc) is 3.14. The molecule has 0 spiro atoms. The third-order valence-corrected chi connectivity index (χ3v) is 5.53. The van der Waals surface area contributed by atoms with Crippen LogP contribution in [-0.2, 0) is 11.3 Å². The number of aromatic nitrogens is 1. The summed E-state index contributed by atoms with van der Waals surface area (Å²) in [5.41, 5.74) is 1.67. The molecule has 172 valence electrons. The van der Waals surface area contributed by atoms with Crippen LogP contribution in [-0.4, -0.2) is 44.3 Å². The van der Waals surface area contributed by atoms with Crippen molar-refractivity contribution in [3.63, 3.8) is 0 Å². The molecule has 0 fully saturated rings. The van der Waals surface area contributed by atoms with E-state index < -0.39 is 0 Å². The Kier molecular flexibility index (Phi) is 11.6. The summed E-state index contributed by atoms with van der Waals surface area (Å²) in [4.78, 5) is 21.8. The summed E-state index contributed by atoms with van der Waals surface area (Å²) in [6.45, 7) is 9.11. The van der Waals surface area contributed by atoms with E-state index in [4.69, 9.17) is 14.2 Å². The first-order chi connectivity index (χ1) is 14.4. The number of rotatable bonds is 9. The van der Waals surface area contributed by atoms with Gasteiger partial charge in [-0.15, -0.1) is 35.3 Å². The van der Waals surface area contributed by atoms with Crippen LogP contribution in [0.3, 0.4) is 0 Å². The number of carbonyl (C=O) groups excluding carboxylic acids is 1. The fourth-order valence-corrected chi connectivity index (χ4v) is 3.69. The van der Waals surface area contributed by atoms with E-state index in [1.807, 2.05) is 39.0 Å². The summed E-state index contributed by atoms with van der Waals surface area (Å²) in [5, 5.41) is 7.38. The van der Waals surface area contributed by atoms with Crippen molar-refractivity contribution >= 4 is 47.2 Å². The predicted octanol–water partition coefficient (Wildman–Crippen LogP) is 4.08. The molecule has 1 heterocycles. The largest absolute Gasteiger partial charge is 0.493 e. The quantitative estimate of drug-likeness (QED) is 0.206. The number of aryl methyl sites for hydroxylation is 1. The molecule has 2 aromatic rings. The smallest absolute Gasteiger partial charge is 0.350 e. The van der Waals surface area contributed by atoms with E-state index in [-0.39, 0.29) is 36.0 Å². The van der Waals surface area contributed by atoms with Gasteiger partial charge in [-0.05, 0) is 45.4 Å². The molecule has 10 heteroatoms. The third kappa shape index (κ3) is 7.53. The van der Waals surface area contributed by atoms with Gasteiger partial charge in [0.25, 0.3) is 0 Å². The number of nitrogens with zero attached hydrogens (tertiary/aromatic N) is 2. The Morgan fingerprint density at radius 3 is 2.55 bits per heavy atom. The number of thiazole rings is 1. The summed E-state index contributed by atoms with van der Waals surface area (Å²) < 4.78 is 15.7. The minimum absolute atomic E-state index is 0. The number of carbonyl (C=O) groups is 1. The molecule has 0 amide bonds. The van der Waals surface area contributed by atoms with Crippen molar-refractivity contribution in [3.05, 3.63) is 39.3 Å². The zero-order valence-corrected chi connectivity index (χ0v) is 21.9. The van der Waals surface area contributed by atoms with Crippen molar-refractivity contribution < 1.29 is 19.0 Å². The van der Waals surface area contributed by atoms with Gasteiger partial charge >= 0.3 is 5.97 Å². The van der Waals surface area contributed by atoms with Crippen molar-refractivity contribution in [2.24, 2.45) is 4.99 Å². The molecule has 1 aromatic heterocycles. The second kappa shape index (κ2) is 13.4. The fourth-order valence-electron chi connectivity index (χ4n) is 2.72. The standard InChI is InChI=1S/C21H30N4O4S.HI/c1-7-22-21(23-12-15-9-10-16(27-5)17(11-15)28-6)25-14(4)19-24-13(3)18(30-19)20(26)29-8-2;/h9-11,14H,7-8,12H2,1-6H3,(H2,22,23,25);1H. The fraction of sp³-hybridized carbons (Fsp3) is 0.476. The van der Waals surface area contributed by atoms with Crippen LogP contribution < -0.4 is 20.1 Å². The lowest BCUT2D eigenvalue weighted by molar-refractivity contribution is 0.0531. The zero-order valence-electron chi connectivity index (χ0n) is 18.8. The number of methoxy groups -OCH3 is 2. The van der Waals surface area contributed by atoms with Gasteiger partial charge in [0.15, 0.2) is 17.5 Å². The number of benzene rings is 1. The van der Waals surface area contributed by atoms with E-state index in [0.29, 0.717) is 41.2 Å². The van der Waals surface area contributed by atoms with E-state index in [2.05, 4.69) is 20.6 Å². The maximum absolute atomic E-state index is 12.1. The van der Waals surface area contributed by atoms with Crippen LogP contribution in [0.5, 0.6) is 11.5 Å². The molecule has 0 aliphatic heterocycles. The monoisotopic (exact) mass is 562 g/mol. The first-order valence-electron chi connectivity index (χ1n) is 9.83. The van der Waals surface area contributed by atoms with Crippen molar-refractivity contribution in [1.82, 2.24) is 15.6 Å². The number of halogens is 1. The van der Waals surface area contributed by atoms with Gasteiger partial charge in [0.2, 0.25) is 0 Å². The van der Waals surface area contributed by atoms with Crippen LogP contribution in [0.2, 0.25) is 0 Å². The van der Waals surface area contributed by atoms with Crippen molar-refractivity contribution in [2.45, 2.75) is 40.3 Å². The topological polar surface area (TPSA) is 94.1 Å². The van der Waals surface area contributed by atoms with Gasteiger partial charge in [-0.1, -0.05) is 6.07 Å². The first kappa shape index (κ1) is 27.0. The molecule has 1 unspecified atom stereocenters. The van der Waals surface area contributed by atoms with E-state index in [9.17, 15) is 4.79 Å². The summed E-state index contributed by atoms with van der Waals surface area (Å²) in [5.74, 6) is 1.67. The SMILES string of the molecule is CCNC(=NCc1ccc(OC)c(OC)c1)NC(C)c1nc(C)c(C(=O)OCC)s1.I. The summed E-state index contributed by atoms with van der Waals surface area (Å²) in [6, 6.07) is 5.60. The number of guanidine groups is 1. The lowest BCUT2D eigenvalue weighted by atomic mass is 10.2. The molecule has 0 radical (unpaired) electrons. The minimum Gasteiger partial charge on any atom is -0.493 e. The number of hydrogen-bond donors (Lipinski definition) is 2. The van der Waals surface area contributed by atoms with E-state index in [0.717, 1.165) is 17.1 Å². The Morgan fingerprint density at radius 2 is 1.94 bits per heavy atom. The first-order valence-corrected chi connectivity index (χ1v) is 10.6. The normalized spacial score (nSPS) is 11.9. The second-order valence-corrected chi connectivity index (χ2v) is 7.47. The Labute approximate surface area is 204 Å². The van der Waals surface area contributed by atoms with Crippen LogP contribution in [0.4, 0.5) is 0 Å². The van der Waals surface area contributed by atoms with Crippen LogP contribution >= 0.6 is 35.3 Å². The van der Waals surface area contributed by atoms with Crippen molar-refractivity contribution in [3.8, 4) is 11.5 Å². The number of hydrogen-bond acceptors (Lipinski definition) is 7. The summed E-state index contributed by atoms with van der Waals surface area (Å²) >= 11 is 1.34. The maximum Gasteiger partial charge on any atom is 0.350 e. The molecule has 2 N–H and O–H groups in total. The highest BCUT2D eigenvalue weighted by molar-refractivity contribution is 14.0.